The van der Waals surface area contributed by atoms with E-state index in [0.29, 0.717) is 29.7 Å². The number of carbonyl (C=O) groups is 1. The molecule has 8 nitrogen and oxygen atoms in total. The predicted molar refractivity (Wildman–Crippen MR) is 116 cm³/mol. The molecule has 31 heavy (non-hydrogen) atoms. The second-order valence-corrected chi connectivity index (χ2v) is 9.31. The topological polar surface area (TPSA) is 89.9 Å². The zero-order valence-corrected chi connectivity index (χ0v) is 18.4. The van der Waals surface area contributed by atoms with Crippen LogP contribution in [0.1, 0.15) is 50.3 Å². The summed E-state index contributed by atoms with van der Waals surface area (Å²) >= 11 is 1.75. The van der Waals surface area contributed by atoms with Gasteiger partial charge in [-0.25, -0.2) is 14.6 Å². The molecule has 0 aliphatic heterocycles. The summed E-state index contributed by atoms with van der Waals surface area (Å²) < 4.78 is 6.60. The Morgan fingerprint density at radius 2 is 2.16 bits per heavy atom. The molecule has 4 heterocycles. The predicted octanol–water partition coefficient (Wildman–Crippen LogP) is 4.15. The zero-order chi connectivity index (χ0) is 21.5. The van der Waals surface area contributed by atoms with Gasteiger partial charge in [-0.3, -0.25) is 4.79 Å². The third kappa shape index (κ3) is 3.76. The number of nitrogens with zero attached hydrogens (tertiary/aromatic N) is 6. The van der Waals surface area contributed by atoms with Crippen LogP contribution in [0.15, 0.2) is 41.4 Å². The summed E-state index contributed by atoms with van der Waals surface area (Å²) in [6.45, 7) is 4.56. The Morgan fingerprint density at radius 3 is 2.84 bits per heavy atom. The summed E-state index contributed by atoms with van der Waals surface area (Å²) in [5, 5.41) is 8.42. The molecule has 1 saturated carbocycles. The minimum Gasteiger partial charge on any atom is -0.364 e. The van der Waals surface area contributed by atoms with Crippen molar-refractivity contribution in [2.75, 3.05) is 7.05 Å². The molecule has 1 aliphatic carbocycles. The van der Waals surface area contributed by atoms with E-state index in [-0.39, 0.29) is 5.91 Å². The van der Waals surface area contributed by atoms with Gasteiger partial charge in [-0.05, 0) is 38.8 Å². The van der Waals surface area contributed by atoms with Crippen LogP contribution < -0.4 is 0 Å². The molecule has 0 saturated heterocycles. The highest BCUT2D eigenvalue weighted by Crippen LogP contribution is 2.42. The lowest BCUT2D eigenvalue weighted by Gasteiger charge is -2.16. The van der Waals surface area contributed by atoms with Crippen LogP contribution in [0.3, 0.4) is 0 Å². The molecule has 0 aromatic carbocycles. The van der Waals surface area contributed by atoms with Gasteiger partial charge in [0.15, 0.2) is 0 Å². The van der Waals surface area contributed by atoms with E-state index < -0.39 is 0 Å². The first-order chi connectivity index (χ1) is 15.0. The van der Waals surface area contributed by atoms with Crippen LogP contribution in [0.5, 0.6) is 0 Å². The van der Waals surface area contributed by atoms with Gasteiger partial charge in [0, 0.05) is 40.5 Å². The lowest BCUT2D eigenvalue weighted by Crippen LogP contribution is -2.27. The summed E-state index contributed by atoms with van der Waals surface area (Å²) in [6.07, 6.45) is 6.94. The van der Waals surface area contributed by atoms with Gasteiger partial charge in [0.05, 0.1) is 29.7 Å². The number of aryl methyl sites for hydroxylation is 2. The Balaban J connectivity index is 1.50. The smallest absolute Gasteiger partial charge is 0.257 e. The Bertz CT molecular complexity index is 1240. The average Bonchev–Trinajstić information content (AvgIpc) is 3.13. The fourth-order valence-corrected chi connectivity index (χ4v) is 4.69. The van der Waals surface area contributed by atoms with E-state index >= 15 is 0 Å². The second kappa shape index (κ2) is 7.73. The van der Waals surface area contributed by atoms with Gasteiger partial charge in [-0.1, -0.05) is 5.16 Å². The van der Waals surface area contributed by atoms with E-state index in [1.807, 2.05) is 6.07 Å². The first kappa shape index (κ1) is 19.6. The van der Waals surface area contributed by atoms with E-state index in [2.05, 4.69) is 35.2 Å². The molecule has 158 valence electrons. The van der Waals surface area contributed by atoms with E-state index in [4.69, 9.17) is 9.51 Å². The number of hydrogen-bond donors (Lipinski definition) is 0. The first-order valence-electron chi connectivity index (χ1n) is 10.1. The van der Waals surface area contributed by atoms with Gasteiger partial charge in [0.2, 0.25) is 0 Å². The van der Waals surface area contributed by atoms with Gasteiger partial charge in [-0.2, -0.15) is 5.10 Å². The first-order valence-corrected chi connectivity index (χ1v) is 11.0. The lowest BCUT2D eigenvalue weighted by atomic mass is 10.1. The molecule has 0 unspecified atom stereocenters. The Labute approximate surface area is 183 Å². The molecule has 0 spiro atoms. The number of carbonyl (C=O) groups excluding carboxylic acids is 1. The minimum atomic E-state index is -0.100. The molecule has 5 rings (SSSR count). The van der Waals surface area contributed by atoms with Crippen LogP contribution in [0, 0.1) is 13.8 Å². The lowest BCUT2D eigenvalue weighted by molar-refractivity contribution is 0.0781. The van der Waals surface area contributed by atoms with E-state index in [1.165, 1.54) is 16.0 Å². The average molecular weight is 435 g/mol. The van der Waals surface area contributed by atoms with Crippen LogP contribution in [-0.2, 0) is 6.54 Å². The van der Waals surface area contributed by atoms with Crippen molar-refractivity contribution >= 4 is 17.2 Å². The molecule has 0 atom stereocenters. The van der Waals surface area contributed by atoms with Crippen molar-refractivity contribution in [1.29, 1.82) is 0 Å². The summed E-state index contributed by atoms with van der Waals surface area (Å²) in [5.74, 6) is 0.678. The molecule has 0 bridgehead atoms. The highest BCUT2D eigenvalue weighted by atomic mass is 32.1. The molecule has 1 amide bonds. The fourth-order valence-electron chi connectivity index (χ4n) is 3.76. The maximum absolute atomic E-state index is 13.2. The third-order valence-corrected chi connectivity index (χ3v) is 6.35. The van der Waals surface area contributed by atoms with Gasteiger partial charge in [0.25, 0.3) is 11.9 Å². The number of hydrogen-bond acceptors (Lipinski definition) is 7. The van der Waals surface area contributed by atoms with Crippen molar-refractivity contribution in [3.8, 4) is 17.2 Å². The van der Waals surface area contributed by atoms with Gasteiger partial charge in [0.1, 0.15) is 12.0 Å². The van der Waals surface area contributed by atoms with Crippen LogP contribution in [0.2, 0.25) is 0 Å². The van der Waals surface area contributed by atoms with Crippen molar-refractivity contribution in [2.45, 2.75) is 39.2 Å². The number of aromatic nitrogens is 5. The highest BCUT2D eigenvalue weighted by Gasteiger charge is 2.34. The van der Waals surface area contributed by atoms with Gasteiger partial charge >= 0.3 is 0 Å². The van der Waals surface area contributed by atoms with E-state index in [9.17, 15) is 4.79 Å². The molecule has 9 heteroatoms. The summed E-state index contributed by atoms with van der Waals surface area (Å²) in [5.41, 5.74) is 4.14. The SMILES string of the molecule is Cc1cc(-c2ccnc(-n3ncc(C(=O)N(C)Cc4ccon4)c3C3CC3)n2)c(C)s1. The molecule has 0 radical (unpaired) electrons. The Hall–Kier alpha value is -3.33. The van der Waals surface area contributed by atoms with Crippen LogP contribution in [0.25, 0.3) is 17.2 Å². The molecule has 0 N–H and O–H groups in total. The fraction of sp³-hybridized carbons (Fsp3) is 0.318. The highest BCUT2D eigenvalue weighted by molar-refractivity contribution is 7.12. The summed E-state index contributed by atoms with van der Waals surface area (Å²) in [4.78, 5) is 26.5. The third-order valence-electron chi connectivity index (χ3n) is 5.39. The van der Waals surface area contributed by atoms with Crippen LogP contribution in [-0.4, -0.2) is 42.8 Å². The van der Waals surface area contributed by atoms with Crippen LogP contribution in [0.4, 0.5) is 0 Å². The number of amides is 1. The maximum Gasteiger partial charge on any atom is 0.257 e. The molecule has 1 fully saturated rings. The monoisotopic (exact) mass is 434 g/mol. The quantitative estimate of drug-likeness (QED) is 0.453. The molecule has 4 aromatic heterocycles. The number of thiophene rings is 1. The zero-order valence-electron chi connectivity index (χ0n) is 17.6. The normalized spacial score (nSPS) is 13.5. The largest absolute Gasteiger partial charge is 0.364 e. The molecule has 4 aromatic rings. The van der Waals surface area contributed by atoms with E-state index in [1.54, 1.807) is 46.4 Å². The van der Waals surface area contributed by atoms with E-state index in [0.717, 1.165) is 29.8 Å². The minimum absolute atomic E-state index is 0.100. The standard InChI is InChI=1S/C22H22N6O2S/c1-13-10-17(14(2)31-13)19-6-8-23-22(25-19)28-20(15-4-5-15)18(11-24-28)21(29)27(3)12-16-7-9-30-26-16/h6-11,15H,4-5,12H2,1-3H3. The van der Waals surface area contributed by atoms with Crippen molar-refractivity contribution in [2.24, 2.45) is 0 Å². The summed E-state index contributed by atoms with van der Waals surface area (Å²) in [7, 11) is 1.75. The second-order valence-electron chi connectivity index (χ2n) is 7.85. The Kier molecular flexibility index (Phi) is 4.90. The summed E-state index contributed by atoms with van der Waals surface area (Å²) in [6, 6.07) is 5.81. The van der Waals surface area contributed by atoms with Gasteiger partial charge in [-0.15, -0.1) is 11.3 Å². The Morgan fingerprint density at radius 1 is 1.32 bits per heavy atom. The van der Waals surface area contributed by atoms with Crippen LogP contribution >= 0.6 is 11.3 Å². The molecule has 1 aliphatic rings. The van der Waals surface area contributed by atoms with Gasteiger partial charge < -0.3 is 9.42 Å². The van der Waals surface area contributed by atoms with Crippen molar-refractivity contribution in [3.63, 3.8) is 0 Å². The van der Waals surface area contributed by atoms with Crippen molar-refractivity contribution in [1.82, 2.24) is 29.8 Å². The number of rotatable bonds is 6. The maximum atomic E-state index is 13.2. The van der Waals surface area contributed by atoms with Crippen molar-refractivity contribution < 1.29 is 9.32 Å². The van der Waals surface area contributed by atoms with Crippen molar-refractivity contribution in [3.05, 3.63) is 63.6 Å². The molecular weight excluding hydrogens is 412 g/mol. The molecular formula is C22H22N6O2S.